The molecule has 4 nitrogen and oxygen atoms in total. The average molecular weight is 295 g/mol. The lowest BCUT2D eigenvalue weighted by Gasteiger charge is -2.25. The Labute approximate surface area is 109 Å². The van der Waals surface area contributed by atoms with Crippen molar-refractivity contribution in [1.82, 2.24) is 4.90 Å². The zero-order valence-electron chi connectivity index (χ0n) is 9.94. The Morgan fingerprint density at radius 1 is 1.67 bits per heavy atom. The minimum absolute atomic E-state index is 0.221. The highest BCUT2D eigenvalue weighted by Gasteiger charge is 2.23. The highest BCUT2D eigenvalue weighted by Crippen LogP contribution is 2.31. The average Bonchev–Trinajstić information content (AvgIpc) is 2.72. The van der Waals surface area contributed by atoms with Crippen LogP contribution in [0.3, 0.4) is 0 Å². The summed E-state index contributed by atoms with van der Waals surface area (Å²) in [5.41, 5.74) is 0.948. The van der Waals surface area contributed by atoms with Crippen molar-refractivity contribution in [2.24, 2.45) is 9.50 Å². The molecule has 0 amide bonds. The molecule has 8 heteroatoms. The second-order valence-corrected chi connectivity index (χ2v) is 7.48. The predicted octanol–water partition coefficient (Wildman–Crippen LogP) is 1.70. The monoisotopic (exact) mass is 295 g/mol. The number of hydrogen-bond acceptors (Lipinski definition) is 4. The Balaban J connectivity index is 2.22. The van der Waals surface area contributed by atoms with E-state index in [1.807, 2.05) is 0 Å². The fourth-order valence-corrected chi connectivity index (χ4v) is 4.34. The Hall–Kier alpha value is -0.570. The molecule has 2 rings (SSSR count). The molecule has 0 bridgehead atoms. The first kappa shape index (κ1) is 13.9. The molecule has 1 aromatic rings. The van der Waals surface area contributed by atoms with Crippen molar-refractivity contribution in [2.45, 2.75) is 23.6 Å². The van der Waals surface area contributed by atoms with Crippen LogP contribution in [0.2, 0.25) is 0 Å². The van der Waals surface area contributed by atoms with E-state index in [1.54, 1.807) is 11.0 Å². The van der Waals surface area contributed by atoms with Crippen molar-refractivity contribution in [1.29, 1.82) is 0 Å². The van der Waals surface area contributed by atoms with Crippen LogP contribution >= 0.6 is 11.3 Å². The van der Waals surface area contributed by atoms with Crippen LogP contribution in [-0.4, -0.2) is 35.7 Å². The number of rotatable bonds is 3. The smallest absolute Gasteiger partial charge is 0.251 e. The molecule has 1 aromatic heterocycles. The Morgan fingerprint density at radius 3 is 3.00 bits per heavy atom. The summed E-state index contributed by atoms with van der Waals surface area (Å²) in [5, 5.41) is 5.60. The maximum Gasteiger partial charge on any atom is 0.251 e. The van der Waals surface area contributed by atoms with Crippen molar-refractivity contribution in [3.05, 3.63) is 16.5 Å². The third kappa shape index (κ3) is 2.87. The van der Waals surface area contributed by atoms with Crippen molar-refractivity contribution in [3.8, 4) is 0 Å². The molecule has 0 saturated carbocycles. The van der Waals surface area contributed by atoms with E-state index in [2.05, 4.69) is 4.36 Å². The van der Waals surface area contributed by atoms with Gasteiger partial charge < -0.3 is 0 Å². The van der Waals surface area contributed by atoms with Crippen LogP contribution in [0.25, 0.3) is 0 Å². The van der Waals surface area contributed by atoms with E-state index in [0.717, 1.165) is 10.4 Å². The first-order valence-corrected chi connectivity index (χ1v) is 7.87. The van der Waals surface area contributed by atoms with Gasteiger partial charge in [-0.2, -0.15) is 0 Å². The molecule has 0 saturated heterocycles. The SMILES string of the molecule is CN=S(N)(=O)c1cc2c(s1)CCN(CC(F)F)C2. The molecule has 1 atom stereocenters. The van der Waals surface area contributed by atoms with Crippen molar-refractivity contribution in [2.75, 3.05) is 20.1 Å². The zero-order chi connectivity index (χ0) is 13.3. The van der Waals surface area contributed by atoms with Gasteiger partial charge in [0.25, 0.3) is 6.43 Å². The second kappa shape index (κ2) is 5.20. The van der Waals surface area contributed by atoms with Gasteiger partial charge in [0.05, 0.1) is 6.54 Å². The van der Waals surface area contributed by atoms with Crippen LogP contribution in [0.5, 0.6) is 0 Å². The Bertz CT molecular complexity index is 549. The topological polar surface area (TPSA) is 58.7 Å². The number of nitrogens with zero attached hydrogens (tertiary/aromatic N) is 2. The number of nitrogens with two attached hydrogens (primary N) is 1. The molecule has 0 radical (unpaired) electrons. The molecule has 2 heterocycles. The van der Waals surface area contributed by atoms with E-state index in [4.69, 9.17) is 5.14 Å². The standard InChI is InChI=1S/C10H15F2N3OS2/c1-14-18(13,16)10-4-7-5-15(6-9(11)12)3-2-8(7)17-10/h4,9H,2-3,5-6H2,1H3,(H2,13,14,16). The first-order chi connectivity index (χ1) is 8.42. The van der Waals surface area contributed by atoms with Gasteiger partial charge in [-0.25, -0.2) is 22.5 Å². The van der Waals surface area contributed by atoms with E-state index in [1.165, 1.54) is 18.4 Å². The molecule has 1 aliphatic heterocycles. The fraction of sp³-hybridized carbons (Fsp3) is 0.600. The molecule has 0 spiro atoms. The summed E-state index contributed by atoms with van der Waals surface area (Å²) in [6.45, 7) is 0.850. The molecular formula is C10H15F2N3OS2. The lowest BCUT2D eigenvalue weighted by atomic mass is 10.1. The molecular weight excluding hydrogens is 280 g/mol. The molecule has 18 heavy (non-hydrogen) atoms. The quantitative estimate of drug-likeness (QED) is 0.922. The highest BCUT2D eigenvalue weighted by atomic mass is 32.2. The van der Waals surface area contributed by atoms with E-state index < -0.39 is 16.3 Å². The fourth-order valence-electron chi connectivity index (χ4n) is 1.95. The summed E-state index contributed by atoms with van der Waals surface area (Å²) in [7, 11) is -1.39. The minimum atomic E-state index is -2.81. The molecule has 0 aliphatic carbocycles. The van der Waals surface area contributed by atoms with Gasteiger partial charge in [0.2, 0.25) is 0 Å². The zero-order valence-corrected chi connectivity index (χ0v) is 11.6. The third-order valence-electron chi connectivity index (χ3n) is 2.88. The molecule has 102 valence electrons. The van der Waals surface area contributed by atoms with Gasteiger partial charge in [0.15, 0.2) is 0 Å². The molecule has 1 unspecified atom stereocenters. The van der Waals surface area contributed by atoms with E-state index in [9.17, 15) is 13.0 Å². The van der Waals surface area contributed by atoms with Crippen LogP contribution in [0.15, 0.2) is 14.6 Å². The molecule has 1 aliphatic rings. The van der Waals surface area contributed by atoms with Gasteiger partial charge in [0, 0.05) is 25.0 Å². The highest BCUT2D eigenvalue weighted by molar-refractivity contribution is 7.93. The van der Waals surface area contributed by atoms with Crippen LogP contribution in [0.4, 0.5) is 8.78 Å². The van der Waals surface area contributed by atoms with Crippen molar-refractivity contribution < 1.29 is 13.0 Å². The van der Waals surface area contributed by atoms with E-state index in [0.29, 0.717) is 23.7 Å². The van der Waals surface area contributed by atoms with Gasteiger partial charge in [-0.1, -0.05) is 0 Å². The van der Waals surface area contributed by atoms with Gasteiger partial charge in [-0.3, -0.25) is 4.90 Å². The van der Waals surface area contributed by atoms with Gasteiger partial charge in [0.1, 0.15) is 14.1 Å². The molecule has 2 N–H and O–H groups in total. The maximum absolute atomic E-state index is 12.3. The molecule has 0 aromatic carbocycles. The van der Waals surface area contributed by atoms with Gasteiger partial charge in [-0.15, -0.1) is 11.3 Å². The van der Waals surface area contributed by atoms with Crippen LogP contribution in [-0.2, 0) is 22.9 Å². The first-order valence-electron chi connectivity index (χ1n) is 5.47. The number of fused-ring (bicyclic) bond motifs is 1. The summed E-state index contributed by atoms with van der Waals surface area (Å²) < 4.78 is 40.8. The maximum atomic E-state index is 12.3. The van der Waals surface area contributed by atoms with Crippen molar-refractivity contribution >= 4 is 21.3 Å². The third-order valence-corrected chi connectivity index (χ3v) is 6.11. The molecule has 0 fully saturated rings. The summed E-state index contributed by atoms with van der Waals surface area (Å²) in [5.74, 6) is 0. The number of alkyl halides is 2. The van der Waals surface area contributed by atoms with Gasteiger partial charge >= 0.3 is 0 Å². The predicted molar refractivity (Wildman–Crippen MR) is 68.3 cm³/mol. The van der Waals surface area contributed by atoms with Crippen molar-refractivity contribution in [3.63, 3.8) is 0 Å². The lowest BCUT2D eigenvalue weighted by molar-refractivity contribution is 0.0824. The van der Waals surface area contributed by atoms with Crippen LogP contribution < -0.4 is 5.14 Å². The lowest BCUT2D eigenvalue weighted by Crippen LogP contribution is -2.33. The number of thiophene rings is 1. The van der Waals surface area contributed by atoms with Crippen LogP contribution in [0.1, 0.15) is 10.4 Å². The van der Waals surface area contributed by atoms with E-state index >= 15 is 0 Å². The normalized spacial score (nSPS) is 19.6. The Morgan fingerprint density at radius 2 is 2.39 bits per heavy atom. The summed E-state index contributed by atoms with van der Waals surface area (Å²) in [6, 6.07) is 1.74. The summed E-state index contributed by atoms with van der Waals surface area (Å²) in [4.78, 5) is 2.78. The summed E-state index contributed by atoms with van der Waals surface area (Å²) in [6.07, 6.45) is -1.62. The van der Waals surface area contributed by atoms with E-state index in [-0.39, 0.29) is 6.54 Å². The number of halogens is 2. The van der Waals surface area contributed by atoms with Crippen LogP contribution in [0, 0.1) is 0 Å². The number of hydrogen-bond donors (Lipinski definition) is 1. The summed E-state index contributed by atoms with van der Waals surface area (Å²) >= 11 is 1.38. The van der Waals surface area contributed by atoms with Gasteiger partial charge in [-0.05, 0) is 18.1 Å². The Kier molecular flexibility index (Phi) is 4.00. The largest absolute Gasteiger partial charge is 0.293 e. The second-order valence-electron chi connectivity index (χ2n) is 4.14. The minimum Gasteiger partial charge on any atom is -0.293 e.